The number of likely N-dealkylation sites (tertiary alicyclic amines) is 2. The number of carbonyl (C=O) groups is 1. The Morgan fingerprint density at radius 2 is 2.17 bits per heavy atom. The van der Waals surface area contributed by atoms with E-state index in [9.17, 15) is 4.79 Å². The van der Waals surface area contributed by atoms with Crippen LogP contribution in [0.2, 0.25) is 0 Å². The maximum atomic E-state index is 12.5. The first-order chi connectivity index (χ1) is 11.3. The smallest absolute Gasteiger partial charge is 0.274 e. The minimum absolute atomic E-state index is 0.0215. The molecule has 0 bridgehead atoms. The lowest BCUT2D eigenvalue weighted by Gasteiger charge is -2.34. The van der Waals surface area contributed by atoms with E-state index in [1.54, 1.807) is 18.6 Å². The van der Waals surface area contributed by atoms with E-state index in [2.05, 4.69) is 32.4 Å². The number of aromatic nitrogens is 2. The third-order valence-corrected chi connectivity index (χ3v) is 5.77. The van der Waals surface area contributed by atoms with Crippen LogP contribution in [0.15, 0.2) is 36.1 Å². The van der Waals surface area contributed by atoms with E-state index in [0.29, 0.717) is 11.6 Å². The molecule has 0 radical (unpaired) electrons. The van der Waals surface area contributed by atoms with E-state index in [4.69, 9.17) is 0 Å². The summed E-state index contributed by atoms with van der Waals surface area (Å²) in [7, 11) is 0. The van der Waals surface area contributed by atoms with Gasteiger partial charge in [0.2, 0.25) is 0 Å². The molecule has 2 saturated heterocycles. The molecule has 6 heteroatoms. The molecule has 2 fully saturated rings. The van der Waals surface area contributed by atoms with Gasteiger partial charge in [0, 0.05) is 50.0 Å². The fraction of sp³-hybridized carbons (Fsp3) is 0.471. The number of piperidine rings is 1. The molecule has 0 spiro atoms. The Morgan fingerprint density at radius 3 is 2.96 bits per heavy atom. The zero-order valence-electron chi connectivity index (χ0n) is 13.0. The normalized spacial score (nSPS) is 24.6. The molecule has 4 rings (SSSR count). The Kier molecular flexibility index (Phi) is 4.10. The van der Waals surface area contributed by atoms with Crippen LogP contribution in [0.4, 0.5) is 0 Å². The highest BCUT2D eigenvalue weighted by atomic mass is 32.1. The van der Waals surface area contributed by atoms with Gasteiger partial charge in [0.1, 0.15) is 5.69 Å². The molecule has 0 aromatic carbocycles. The lowest BCUT2D eigenvalue weighted by atomic mass is 9.88. The first-order valence-corrected chi connectivity index (χ1v) is 8.97. The van der Waals surface area contributed by atoms with Gasteiger partial charge in [-0.3, -0.25) is 14.7 Å². The minimum Gasteiger partial charge on any atom is -0.337 e. The van der Waals surface area contributed by atoms with Crippen LogP contribution in [0.5, 0.6) is 0 Å². The summed E-state index contributed by atoms with van der Waals surface area (Å²) in [5, 5.41) is 2.14. The van der Waals surface area contributed by atoms with Gasteiger partial charge in [-0.25, -0.2) is 4.98 Å². The molecule has 2 aromatic heterocycles. The van der Waals surface area contributed by atoms with Crippen molar-refractivity contribution in [2.24, 2.45) is 11.8 Å². The van der Waals surface area contributed by atoms with Gasteiger partial charge in [-0.15, -0.1) is 11.3 Å². The van der Waals surface area contributed by atoms with Crippen molar-refractivity contribution in [1.29, 1.82) is 0 Å². The average Bonchev–Trinajstić information content (AvgIpc) is 3.23. The Morgan fingerprint density at radius 1 is 1.26 bits per heavy atom. The van der Waals surface area contributed by atoms with Gasteiger partial charge in [0.25, 0.3) is 5.91 Å². The Hall–Kier alpha value is -1.79. The van der Waals surface area contributed by atoms with Crippen LogP contribution in [-0.2, 0) is 6.54 Å². The monoisotopic (exact) mass is 328 g/mol. The predicted molar refractivity (Wildman–Crippen MR) is 89.1 cm³/mol. The summed E-state index contributed by atoms with van der Waals surface area (Å²) in [5.41, 5.74) is 0.458. The van der Waals surface area contributed by atoms with Crippen molar-refractivity contribution in [3.8, 4) is 0 Å². The van der Waals surface area contributed by atoms with Gasteiger partial charge in [-0.05, 0) is 29.7 Å². The quantitative estimate of drug-likeness (QED) is 0.866. The summed E-state index contributed by atoms with van der Waals surface area (Å²) in [6.45, 7) is 4.98. The average molecular weight is 328 g/mol. The second kappa shape index (κ2) is 6.37. The molecule has 2 atom stereocenters. The van der Waals surface area contributed by atoms with Crippen molar-refractivity contribution < 1.29 is 4.79 Å². The highest BCUT2D eigenvalue weighted by molar-refractivity contribution is 7.09. The van der Waals surface area contributed by atoms with E-state index < -0.39 is 0 Å². The zero-order chi connectivity index (χ0) is 15.6. The third-order valence-electron chi connectivity index (χ3n) is 4.91. The Bertz CT molecular complexity index is 660. The van der Waals surface area contributed by atoms with Crippen LogP contribution in [0.3, 0.4) is 0 Å². The van der Waals surface area contributed by atoms with E-state index in [0.717, 1.165) is 45.1 Å². The second-order valence-corrected chi connectivity index (χ2v) is 7.46. The molecule has 23 heavy (non-hydrogen) atoms. The molecule has 0 saturated carbocycles. The number of thiophene rings is 1. The highest BCUT2D eigenvalue weighted by Crippen LogP contribution is 2.32. The Balaban J connectivity index is 1.39. The molecule has 2 aliphatic heterocycles. The maximum absolute atomic E-state index is 12.5. The summed E-state index contributed by atoms with van der Waals surface area (Å²) in [5.74, 6) is 1.33. The number of carbonyl (C=O) groups excluding carboxylic acids is 1. The number of fused-ring (bicyclic) bond motifs is 1. The van der Waals surface area contributed by atoms with Crippen LogP contribution in [0.25, 0.3) is 0 Å². The maximum Gasteiger partial charge on any atom is 0.274 e. The van der Waals surface area contributed by atoms with E-state index in [-0.39, 0.29) is 5.91 Å². The van der Waals surface area contributed by atoms with Crippen molar-refractivity contribution in [1.82, 2.24) is 19.8 Å². The van der Waals surface area contributed by atoms with Crippen molar-refractivity contribution in [3.05, 3.63) is 46.7 Å². The van der Waals surface area contributed by atoms with Crippen molar-refractivity contribution >= 4 is 17.2 Å². The van der Waals surface area contributed by atoms with Gasteiger partial charge < -0.3 is 4.90 Å². The van der Waals surface area contributed by atoms with Crippen molar-refractivity contribution in [2.45, 2.75) is 13.0 Å². The molecule has 1 amide bonds. The van der Waals surface area contributed by atoms with Crippen LogP contribution in [0.1, 0.15) is 21.8 Å². The molecular formula is C17H20N4OS. The molecule has 2 aromatic rings. The Labute approximate surface area is 140 Å². The molecule has 120 valence electrons. The molecular weight excluding hydrogens is 308 g/mol. The lowest BCUT2D eigenvalue weighted by Crippen LogP contribution is -2.43. The van der Waals surface area contributed by atoms with E-state index >= 15 is 0 Å². The first kappa shape index (κ1) is 14.8. The van der Waals surface area contributed by atoms with Gasteiger partial charge >= 0.3 is 0 Å². The molecule has 0 aliphatic carbocycles. The van der Waals surface area contributed by atoms with Gasteiger partial charge in [0.15, 0.2) is 0 Å². The molecule has 2 aliphatic rings. The summed E-state index contributed by atoms with van der Waals surface area (Å²) in [4.78, 5) is 26.6. The predicted octanol–water partition coefficient (Wildman–Crippen LogP) is 2.13. The fourth-order valence-corrected chi connectivity index (χ4v) is 4.52. The number of hydrogen-bond acceptors (Lipinski definition) is 5. The van der Waals surface area contributed by atoms with Crippen molar-refractivity contribution in [3.63, 3.8) is 0 Å². The number of hydrogen-bond donors (Lipinski definition) is 0. The SMILES string of the molecule is O=C(c1cnccn1)N1CC[C@H]2CN(Cc3cccs3)C[C@H]2C1. The summed E-state index contributed by atoms with van der Waals surface area (Å²) >= 11 is 1.82. The molecule has 4 heterocycles. The highest BCUT2D eigenvalue weighted by Gasteiger charge is 2.38. The van der Waals surface area contributed by atoms with Crippen LogP contribution in [0, 0.1) is 11.8 Å². The summed E-state index contributed by atoms with van der Waals surface area (Å²) in [6.07, 6.45) is 5.84. The van der Waals surface area contributed by atoms with Gasteiger partial charge in [-0.2, -0.15) is 0 Å². The molecule has 5 nitrogen and oxygen atoms in total. The lowest BCUT2D eigenvalue weighted by molar-refractivity contribution is 0.0635. The summed E-state index contributed by atoms with van der Waals surface area (Å²) in [6, 6.07) is 4.32. The molecule has 0 unspecified atom stereocenters. The first-order valence-electron chi connectivity index (χ1n) is 8.09. The van der Waals surface area contributed by atoms with E-state index in [1.165, 1.54) is 4.88 Å². The standard InChI is InChI=1S/C17H20N4OS/c22-17(16-8-18-4-5-19-16)21-6-3-13-9-20(10-14(13)11-21)12-15-2-1-7-23-15/h1-2,4-5,7-8,13-14H,3,6,9-12H2/t13-,14-/m0/s1. The number of rotatable bonds is 3. The van der Waals surface area contributed by atoms with E-state index in [1.807, 2.05) is 16.2 Å². The van der Waals surface area contributed by atoms with Crippen LogP contribution >= 0.6 is 11.3 Å². The summed E-state index contributed by atoms with van der Waals surface area (Å²) < 4.78 is 0. The topological polar surface area (TPSA) is 49.3 Å². The van der Waals surface area contributed by atoms with Crippen molar-refractivity contribution in [2.75, 3.05) is 26.2 Å². The van der Waals surface area contributed by atoms with Gasteiger partial charge in [-0.1, -0.05) is 6.07 Å². The largest absolute Gasteiger partial charge is 0.337 e. The zero-order valence-corrected chi connectivity index (χ0v) is 13.8. The number of nitrogens with zero attached hydrogens (tertiary/aromatic N) is 4. The second-order valence-electron chi connectivity index (χ2n) is 6.42. The third kappa shape index (κ3) is 3.14. The van der Waals surface area contributed by atoms with Crippen LogP contribution in [-0.4, -0.2) is 51.9 Å². The number of amides is 1. The fourth-order valence-electron chi connectivity index (χ4n) is 3.77. The molecule has 0 N–H and O–H groups in total. The minimum atomic E-state index is 0.0215. The van der Waals surface area contributed by atoms with Gasteiger partial charge in [0.05, 0.1) is 6.20 Å². The van der Waals surface area contributed by atoms with Crippen LogP contribution < -0.4 is 0 Å².